The third-order valence-corrected chi connectivity index (χ3v) is 4.23. The lowest BCUT2D eigenvalue weighted by atomic mass is 10.2. The molecule has 0 amide bonds. The highest BCUT2D eigenvalue weighted by atomic mass is 32.2. The summed E-state index contributed by atoms with van der Waals surface area (Å²) in [4.78, 5) is 0. The number of rotatable bonds is 8. The molecular weight excluding hydrogens is 294 g/mol. The molecule has 0 bridgehead atoms. The molecule has 0 radical (unpaired) electrons. The van der Waals surface area contributed by atoms with Gasteiger partial charge in [0.1, 0.15) is 11.5 Å². The maximum Gasteiger partial charge on any atom is 0.119 e. The van der Waals surface area contributed by atoms with Crippen LogP contribution in [0.4, 0.5) is 0 Å². The van der Waals surface area contributed by atoms with Gasteiger partial charge in [-0.15, -0.1) is 0 Å². The lowest BCUT2D eigenvalue weighted by Crippen LogP contribution is -1.99. The van der Waals surface area contributed by atoms with Gasteiger partial charge in [0.25, 0.3) is 0 Å². The van der Waals surface area contributed by atoms with Crippen molar-refractivity contribution >= 4 is 11.8 Å². The van der Waals surface area contributed by atoms with E-state index in [1.54, 1.807) is 7.11 Å². The Hall–Kier alpha value is -2.12. The number of nitriles is 1. The van der Waals surface area contributed by atoms with Gasteiger partial charge >= 0.3 is 0 Å². The van der Waals surface area contributed by atoms with Gasteiger partial charge in [0, 0.05) is 5.75 Å². The number of hydrogen-bond donors (Lipinski definition) is 0. The Kier molecular flexibility index (Phi) is 6.66. The number of methoxy groups -OCH3 is 1. The Labute approximate surface area is 135 Å². The second-order valence-electron chi connectivity index (χ2n) is 4.74. The first-order chi connectivity index (χ1) is 10.8. The van der Waals surface area contributed by atoms with Crippen LogP contribution in [-0.4, -0.2) is 19.5 Å². The van der Waals surface area contributed by atoms with Crippen molar-refractivity contribution in [1.82, 2.24) is 0 Å². The molecule has 3 nitrogen and oxygen atoms in total. The van der Waals surface area contributed by atoms with E-state index in [0.717, 1.165) is 29.4 Å². The van der Waals surface area contributed by atoms with E-state index in [1.807, 2.05) is 60.3 Å². The van der Waals surface area contributed by atoms with E-state index in [9.17, 15) is 0 Å². The number of ether oxygens (including phenoxy) is 2. The van der Waals surface area contributed by atoms with Gasteiger partial charge in [0.15, 0.2) is 0 Å². The monoisotopic (exact) mass is 313 g/mol. The molecule has 0 saturated heterocycles. The second-order valence-corrected chi connectivity index (χ2v) is 5.84. The van der Waals surface area contributed by atoms with Crippen molar-refractivity contribution in [2.24, 2.45) is 0 Å². The fraction of sp³-hybridized carbons (Fsp3) is 0.278. The highest BCUT2D eigenvalue weighted by molar-refractivity contribution is 7.98. The lowest BCUT2D eigenvalue weighted by molar-refractivity contribution is 0.318. The molecule has 114 valence electrons. The van der Waals surface area contributed by atoms with Gasteiger partial charge in [0.2, 0.25) is 0 Å². The first kappa shape index (κ1) is 16.3. The van der Waals surface area contributed by atoms with Gasteiger partial charge in [-0.3, -0.25) is 0 Å². The van der Waals surface area contributed by atoms with Crippen molar-refractivity contribution in [3.8, 4) is 17.6 Å². The molecular formula is C18H19NO2S. The molecule has 0 heterocycles. The summed E-state index contributed by atoms with van der Waals surface area (Å²) in [5.41, 5.74) is 1.96. The number of nitrogens with zero attached hydrogens (tertiary/aromatic N) is 1. The summed E-state index contributed by atoms with van der Waals surface area (Å²) in [7, 11) is 1.65. The Morgan fingerprint density at radius 1 is 1.00 bits per heavy atom. The van der Waals surface area contributed by atoms with Crippen LogP contribution in [0.15, 0.2) is 48.5 Å². The second kappa shape index (κ2) is 9.01. The highest BCUT2D eigenvalue weighted by Crippen LogP contribution is 2.18. The van der Waals surface area contributed by atoms with Gasteiger partial charge in [0.05, 0.1) is 25.3 Å². The third kappa shape index (κ3) is 5.34. The van der Waals surface area contributed by atoms with Crippen LogP contribution in [0.1, 0.15) is 17.5 Å². The molecule has 0 aliphatic rings. The van der Waals surface area contributed by atoms with Crippen LogP contribution in [0.5, 0.6) is 11.5 Å². The Morgan fingerprint density at radius 3 is 2.32 bits per heavy atom. The van der Waals surface area contributed by atoms with E-state index in [4.69, 9.17) is 14.7 Å². The van der Waals surface area contributed by atoms with Gasteiger partial charge in [-0.25, -0.2) is 0 Å². The van der Waals surface area contributed by atoms with Crippen molar-refractivity contribution in [2.45, 2.75) is 12.2 Å². The molecule has 2 aromatic rings. The summed E-state index contributed by atoms with van der Waals surface area (Å²) in [5.74, 6) is 3.73. The summed E-state index contributed by atoms with van der Waals surface area (Å²) < 4.78 is 10.8. The zero-order chi connectivity index (χ0) is 15.6. The molecule has 4 heteroatoms. The summed E-state index contributed by atoms with van der Waals surface area (Å²) in [5, 5.41) is 8.75. The number of hydrogen-bond acceptors (Lipinski definition) is 4. The zero-order valence-electron chi connectivity index (χ0n) is 12.6. The molecule has 2 aromatic carbocycles. The van der Waals surface area contributed by atoms with Crippen molar-refractivity contribution in [2.75, 3.05) is 19.5 Å². The molecule has 0 aliphatic heterocycles. The largest absolute Gasteiger partial charge is 0.497 e. The average molecular weight is 313 g/mol. The summed E-state index contributed by atoms with van der Waals surface area (Å²) in [6.07, 6.45) is 1.01. The fourth-order valence-electron chi connectivity index (χ4n) is 1.89. The molecule has 0 aliphatic carbocycles. The van der Waals surface area contributed by atoms with E-state index in [1.165, 1.54) is 5.56 Å². The SMILES string of the molecule is COc1ccc(OCCCSCc2ccc(C#N)cc2)cc1. The lowest BCUT2D eigenvalue weighted by Gasteiger charge is -2.07. The van der Waals surface area contributed by atoms with Crippen LogP contribution in [0.2, 0.25) is 0 Å². The van der Waals surface area contributed by atoms with Gasteiger partial charge < -0.3 is 9.47 Å². The minimum Gasteiger partial charge on any atom is -0.497 e. The quantitative estimate of drug-likeness (QED) is 0.683. The standard InChI is InChI=1S/C18H19NO2S/c1-20-17-7-9-18(10-8-17)21-11-2-12-22-14-16-5-3-15(13-19)4-6-16/h3-10H,2,11-12,14H2,1H3. The van der Waals surface area contributed by atoms with E-state index < -0.39 is 0 Å². The topological polar surface area (TPSA) is 42.2 Å². The molecule has 0 N–H and O–H groups in total. The van der Waals surface area contributed by atoms with E-state index in [-0.39, 0.29) is 0 Å². The highest BCUT2D eigenvalue weighted by Gasteiger charge is 1.97. The van der Waals surface area contributed by atoms with Crippen LogP contribution in [0.3, 0.4) is 0 Å². The van der Waals surface area contributed by atoms with Crippen molar-refractivity contribution in [3.05, 3.63) is 59.7 Å². The van der Waals surface area contributed by atoms with Crippen LogP contribution < -0.4 is 9.47 Å². The van der Waals surface area contributed by atoms with E-state index in [0.29, 0.717) is 12.2 Å². The van der Waals surface area contributed by atoms with Crippen LogP contribution in [-0.2, 0) is 5.75 Å². The maximum absolute atomic E-state index is 8.75. The summed E-state index contributed by atoms with van der Waals surface area (Å²) in [6.45, 7) is 0.715. The van der Waals surface area contributed by atoms with Gasteiger partial charge in [-0.05, 0) is 54.1 Å². The van der Waals surface area contributed by atoms with E-state index in [2.05, 4.69) is 6.07 Å². The molecule has 22 heavy (non-hydrogen) atoms. The molecule has 0 atom stereocenters. The average Bonchev–Trinajstić information content (AvgIpc) is 2.59. The molecule has 0 fully saturated rings. The first-order valence-electron chi connectivity index (χ1n) is 7.15. The molecule has 2 rings (SSSR count). The van der Waals surface area contributed by atoms with Crippen LogP contribution in [0.25, 0.3) is 0 Å². The fourth-order valence-corrected chi connectivity index (χ4v) is 2.78. The first-order valence-corrected chi connectivity index (χ1v) is 8.31. The normalized spacial score (nSPS) is 10.0. The van der Waals surface area contributed by atoms with Crippen molar-refractivity contribution in [1.29, 1.82) is 5.26 Å². The molecule has 0 spiro atoms. The third-order valence-electron chi connectivity index (χ3n) is 3.11. The number of thioether (sulfide) groups is 1. The van der Waals surface area contributed by atoms with Crippen molar-refractivity contribution in [3.63, 3.8) is 0 Å². The number of benzene rings is 2. The van der Waals surface area contributed by atoms with Crippen molar-refractivity contribution < 1.29 is 9.47 Å². The predicted molar refractivity (Wildman–Crippen MR) is 90.4 cm³/mol. The van der Waals surface area contributed by atoms with Gasteiger partial charge in [-0.2, -0.15) is 17.0 Å². The van der Waals surface area contributed by atoms with Crippen LogP contribution in [0, 0.1) is 11.3 Å². The summed E-state index contributed by atoms with van der Waals surface area (Å²) >= 11 is 1.88. The Bertz CT molecular complexity index is 602. The van der Waals surface area contributed by atoms with E-state index >= 15 is 0 Å². The van der Waals surface area contributed by atoms with Gasteiger partial charge in [-0.1, -0.05) is 12.1 Å². The Balaban J connectivity index is 1.59. The predicted octanol–water partition coefficient (Wildman–Crippen LogP) is 4.27. The molecule has 0 unspecified atom stereocenters. The summed E-state index contributed by atoms with van der Waals surface area (Å²) in [6, 6.07) is 17.5. The zero-order valence-corrected chi connectivity index (χ0v) is 13.4. The Morgan fingerprint density at radius 2 is 1.68 bits per heavy atom. The maximum atomic E-state index is 8.75. The molecule has 0 saturated carbocycles. The van der Waals surface area contributed by atoms with Crippen LogP contribution >= 0.6 is 11.8 Å². The smallest absolute Gasteiger partial charge is 0.119 e. The minimum atomic E-state index is 0.710. The molecule has 0 aromatic heterocycles. The minimum absolute atomic E-state index is 0.710.